The minimum absolute atomic E-state index is 0.0375. The first kappa shape index (κ1) is 29.4. The van der Waals surface area contributed by atoms with E-state index in [0.717, 1.165) is 11.1 Å². The van der Waals surface area contributed by atoms with E-state index in [4.69, 9.17) is 9.47 Å². The third-order valence-electron chi connectivity index (χ3n) is 7.69. The summed E-state index contributed by atoms with van der Waals surface area (Å²) in [6.07, 6.45) is 1.96. The lowest BCUT2D eigenvalue weighted by molar-refractivity contribution is -0.153. The van der Waals surface area contributed by atoms with Gasteiger partial charge in [-0.25, -0.2) is 13.2 Å². The van der Waals surface area contributed by atoms with E-state index in [1.165, 1.54) is 0 Å². The first-order valence-corrected chi connectivity index (χ1v) is 13.1. The fraction of sp³-hybridized carbons (Fsp3) is 0.448. The normalized spacial score (nSPS) is 16.1. The second-order valence-corrected chi connectivity index (χ2v) is 10.4. The summed E-state index contributed by atoms with van der Waals surface area (Å²) in [4.78, 5) is 20.8. The number of aromatic nitrogens is 1. The highest BCUT2D eigenvalue weighted by Gasteiger charge is 2.41. The Morgan fingerprint density at radius 1 is 1.15 bits per heavy atom. The fourth-order valence-corrected chi connectivity index (χ4v) is 5.29. The minimum atomic E-state index is -1.11. The molecule has 1 atom stereocenters. The van der Waals surface area contributed by atoms with Crippen LogP contribution in [0.4, 0.5) is 18.9 Å². The summed E-state index contributed by atoms with van der Waals surface area (Å²) in [6, 6.07) is 6.56. The maximum atomic E-state index is 13.8. The van der Waals surface area contributed by atoms with Crippen molar-refractivity contribution < 1.29 is 37.7 Å². The van der Waals surface area contributed by atoms with Crippen molar-refractivity contribution in [1.29, 1.82) is 0 Å². The number of halogens is 3. The first-order chi connectivity index (χ1) is 19.0. The fourth-order valence-electron chi connectivity index (χ4n) is 5.29. The Hall–Kier alpha value is -3.57. The molecule has 0 saturated carbocycles. The third-order valence-corrected chi connectivity index (χ3v) is 7.69. The molecule has 1 aromatic heterocycles. The van der Waals surface area contributed by atoms with Gasteiger partial charge in [0.15, 0.2) is 17.4 Å². The topological polar surface area (TPSA) is 95.4 Å². The minimum Gasteiger partial charge on any atom is -0.497 e. The summed E-state index contributed by atoms with van der Waals surface area (Å²) in [7, 11) is 5.28. The van der Waals surface area contributed by atoms with Crippen LogP contribution in [0.5, 0.6) is 11.5 Å². The molecule has 2 aromatic carbocycles. The summed E-state index contributed by atoms with van der Waals surface area (Å²) in [5.41, 5.74) is 1.09. The summed E-state index contributed by atoms with van der Waals surface area (Å²) in [5, 5.41) is 22.3. The Morgan fingerprint density at radius 3 is 2.42 bits per heavy atom. The van der Waals surface area contributed by atoms with Gasteiger partial charge in [-0.1, -0.05) is 0 Å². The van der Waals surface area contributed by atoms with Crippen LogP contribution in [0.15, 0.2) is 36.5 Å². The van der Waals surface area contributed by atoms with Crippen LogP contribution in [0.25, 0.3) is 10.9 Å². The van der Waals surface area contributed by atoms with Crippen molar-refractivity contribution in [2.75, 3.05) is 52.3 Å². The highest BCUT2D eigenvalue weighted by atomic mass is 19.1. The van der Waals surface area contributed by atoms with E-state index in [-0.39, 0.29) is 19.4 Å². The summed E-state index contributed by atoms with van der Waals surface area (Å²) >= 11 is 0. The van der Waals surface area contributed by atoms with Crippen molar-refractivity contribution >= 4 is 22.6 Å². The number of carboxylic acid groups (broad SMARTS) is 1. The van der Waals surface area contributed by atoms with Crippen molar-refractivity contribution in [3.8, 4) is 11.5 Å². The number of likely N-dealkylation sites (tertiary alicyclic amines) is 1. The molecule has 4 rings (SSSR count). The molecule has 216 valence electrons. The number of hydrogen-bond acceptors (Lipinski definition) is 7. The van der Waals surface area contributed by atoms with Crippen LogP contribution >= 0.6 is 0 Å². The molecule has 40 heavy (non-hydrogen) atoms. The van der Waals surface area contributed by atoms with Gasteiger partial charge in [-0.3, -0.25) is 14.7 Å². The number of fused-ring (bicyclic) bond motifs is 1. The van der Waals surface area contributed by atoms with Gasteiger partial charge in [-0.2, -0.15) is 0 Å². The first-order valence-electron chi connectivity index (χ1n) is 13.1. The van der Waals surface area contributed by atoms with E-state index in [0.29, 0.717) is 61.4 Å². The maximum absolute atomic E-state index is 13.8. The second kappa shape index (κ2) is 12.3. The van der Waals surface area contributed by atoms with Crippen LogP contribution in [-0.2, 0) is 4.79 Å². The van der Waals surface area contributed by atoms with E-state index in [9.17, 15) is 28.2 Å². The number of rotatable bonds is 11. The second-order valence-electron chi connectivity index (χ2n) is 10.4. The Kier molecular flexibility index (Phi) is 9.05. The molecular weight excluding hydrogens is 527 g/mol. The number of aliphatic carboxylic acids is 1. The monoisotopic (exact) mass is 561 g/mol. The van der Waals surface area contributed by atoms with Gasteiger partial charge in [-0.05, 0) is 57.0 Å². The molecule has 2 N–H and O–H groups in total. The number of aliphatic hydroxyl groups excluding tert-OH is 1. The third kappa shape index (κ3) is 6.26. The van der Waals surface area contributed by atoms with E-state index in [1.54, 1.807) is 19.4 Å². The molecule has 0 spiro atoms. The number of nitrogens with zero attached hydrogens (tertiary/aromatic N) is 3. The Labute approximate surface area is 230 Å². The zero-order valence-corrected chi connectivity index (χ0v) is 22.8. The van der Waals surface area contributed by atoms with Gasteiger partial charge >= 0.3 is 5.97 Å². The highest BCUT2D eigenvalue weighted by Crippen LogP contribution is 2.41. The molecule has 3 aromatic rings. The lowest BCUT2D eigenvalue weighted by Crippen LogP contribution is -2.45. The number of carbonyl (C=O) groups is 1. The number of methoxy groups -OCH3 is 1. The molecular formula is C29H34F3N3O5. The average molecular weight is 562 g/mol. The Morgan fingerprint density at radius 2 is 1.82 bits per heavy atom. The molecule has 0 unspecified atom stereocenters. The van der Waals surface area contributed by atoms with Crippen LogP contribution < -0.4 is 14.4 Å². The van der Waals surface area contributed by atoms with Gasteiger partial charge in [0.25, 0.3) is 0 Å². The molecule has 2 heterocycles. The van der Waals surface area contributed by atoms with E-state index in [2.05, 4.69) is 4.98 Å². The van der Waals surface area contributed by atoms with Crippen molar-refractivity contribution in [2.24, 2.45) is 5.41 Å². The van der Waals surface area contributed by atoms with Crippen LogP contribution in [0.1, 0.15) is 37.4 Å². The zero-order chi connectivity index (χ0) is 29.0. The lowest BCUT2D eigenvalue weighted by Gasteiger charge is -2.39. The van der Waals surface area contributed by atoms with Gasteiger partial charge in [0, 0.05) is 43.7 Å². The van der Waals surface area contributed by atoms with Crippen LogP contribution in [0, 0.1) is 22.9 Å². The molecule has 0 bridgehead atoms. The molecule has 8 nitrogen and oxygen atoms in total. The van der Waals surface area contributed by atoms with Crippen molar-refractivity contribution in [3.63, 3.8) is 0 Å². The lowest BCUT2D eigenvalue weighted by atomic mass is 9.74. The van der Waals surface area contributed by atoms with Crippen LogP contribution in [-0.4, -0.2) is 73.5 Å². The van der Waals surface area contributed by atoms with Gasteiger partial charge in [-0.15, -0.1) is 0 Å². The maximum Gasteiger partial charge on any atom is 0.309 e. The number of ether oxygens (including phenoxy) is 2. The molecule has 1 fully saturated rings. The van der Waals surface area contributed by atoms with E-state index >= 15 is 0 Å². The molecule has 1 saturated heterocycles. The Bertz CT molecular complexity index is 1340. The predicted octanol–water partition coefficient (Wildman–Crippen LogP) is 4.79. The van der Waals surface area contributed by atoms with Gasteiger partial charge < -0.3 is 24.6 Å². The standard InChI is InChI=1S/C29H34F3N3O5/c1-34(2)24-17-33-23-5-4-19(39-3)16-20(23)26(24)25(36)6-7-29(28(37)38)8-10-35(11-9-29)12-13-40-27-21(31)14-18(30)15-22(27)32/h4-5,14-17,25,36H,6-13H2,1-3H3,(H,37,38)/t25-/m0/s1. The number of anilines is 1. The summed E-state index contributed by atoms with van der Waals surface area (Å²) in [5.74, 6) is -4.18. The number of pyridine rings is 1. The van der Waals surface area contributed by atoms with Crippen molar-refractivity contribution in [1.82, 2.24) is 9.88 Å². The van der Waals surface area contributed by atoms with Gasteiger partial charge in [0.1, 0.15) is 18.2 Å². The predicted molar refractivity (Wildman–Crippen MR) is 144 cm³/mol. The highest BCUT2D eigenvalue weighted by molar-refractivity contribution is 5.88. The van der Waals surface area contributed by atoms with Crippen LogP contribution in [0.2, 0.25) is 0 Å². The largest absolute Gasteiger partial charge is 0.497 e. The number of aliphatic hydroxyl groups is 1. The van der Waals surface area contributed by atoms with Crippen molar-refractivity contribution in [3.05, 3.63) is 59.5 Å². The Balaban J connectivity index is 1.41. The number of benzene rings is 2. The molecule has 1 aliphatic heterocycles. The van der Waals surface area contributed by atoms with Crippen LogP contribution in [0.3, 0.4) is 0 Å². The SMILES string of the molecule is COc1ccc2ncc(N(C)C)c([C@@H](O)CCC3(C(=O)O)CCN(CCOc4c(F)cc(F)cc4F)CC3)c2c1. The van der Waals surface area contributed by atoms with E-state index in [1.807, 2.05) is 36.0 Å². The number of hydrogen-bond donors (Lipinski definition) is 2. The molecule has 1 aliphatic rings. The molecule has 0 aliphatic carbocycles. The summed E-state index contributed by atoms with van der Waals surface area (Å²) < 4.78 is 51.3. The van der Waals surface area contributed by atoms with E-state index < -0.39 is 40.7 Å². The number of carboxylic acids is 1. The number of piperidine rings is 1. The van der Waals surface area contributed by atoms with Crippen molar-refractivity contribution in [2.45, 2.75) is 31.8 Å². The average Bonchev–Trinajstić information content (AvgIpc) is 2.92. The quantitative estimate of drug-likeness (QED) is 0.345. The smallest absolute Gasteiger partial charge is 0.309 e. The zero-order valence-electron chi connectivity index (χ0n) is 22.8. The van der Waals surface area contributed by atoms with Gasteiger partial charge in [0.2, 0.25) is 0 Å². The molecule has 0 amide bonds. The molecule has 11 heteroatoms. The summed E-state index contributed by atoms with van der Waals surface area (Å²) in [6.45, 7) is 1.17. The van der Waals surface area contributed by atoms with Gasteiger partial charge in [0.05, 0.1) is 36.0 Å². The molecule has 0 radical (unpaired) electrons.